The summed E-state index contributed by atoms with van der Waals surface area (Å²) >= 11 is 1.68. The Kier molecular flexibility index (Phi) is 5.41. The molecule has 3 nitrogen and oxygen atoms in total. The van der Waals surface area contributed by atoms with Crippen molar-refractivity contribution in [1.82, 2.24) is 4.90 Å². The Hall–Kier alpha value is -2.43. The number of thiophene rings is 1. The van der Waals surface area contributed by atoms with Gasteiger partial charge in [0.05, 0.1) is 6.54 Å². The van der Waals surface area contributed by atoms with Crippen LogP contribution in [0.2, 0.25) is 0 Å². The van der Waals surface area contributed by atoms with Crippen LogP contribution in [0, 0.1) is 0 Å². The predicted octanol–water partition coefficient (Wildman–Crippen LogP) is 4.49. The molecule has 1 heterocycles. The molecule has 3 aromatic rings. The van der Waals surface area contributed by atoms with Crippen molar-refractivity contribution in [3.63, 3.8) is 0 Å². The summed E-state index contributed by atoms with van der Waals surface area (Å²) in [5, 5.41) is 7.11. The summed E-state index contributed by atoms with van der Waals surface area (Å²) in [4.78, 5) is 14.2. The van der Waals surface area contributed by atoms with Crippen LogP contribution in [-0.4, -0.2) is 24.4 Å². The molecule has 0 atom stereocenters. The van der Waals surface area contributed by atoms with Gasteiger partial charge in [-0.2, -0.15) is 11.3 Å². The van der Waals surface area contributed by atoms with Crippen LogP contribution in [0.15, 0.2) is 71.4 Å². The number of likely N-dealkylation sites (N-methyl/N-ethyl adjacent to an activating group) is 1. The molecule has 0 fully saturated rings. The number of benzene rings is 2. The molecule has 0 aliphatic heterocycles. The first-order valence-electron chi connectivity index (χ1n) is 7.86. The monoisotopic (exact) mass is 336 g/mol. The zero-order chi connectivity index (χ0) is 16.8. The quantitative estimate of drug-likeness (QED) is 0.719. The van der Waals surface area contributed by atoms with Crippen molar-refractivity contribution >= 4 is 22.9 Å². The number of nitrogens with one attached hydrogen (secondary N) is 1. The van der Waals surface area contributed by atoms with Crippen LogP contribution in [-0.2, 0) is 11.3 Å². The molecule has 0 radical (unpaired) electrons. The van der Waals surface area contributed by atoms with Crippen LogP contribution in [0.1, 0.15) is 5.56 Å². The van der Waals surface area contributed by atoms with Gasteiger partial charge in [-0.15, -0.1) is 0 Å². The second kappa shape index (κ2) is 7.90. The van der Waals surface area contributed by atoms with E-state index in [4.69, 9.17) is 0 Å². The number of nitrogens with zero attached hydrogens (tertiary/aromatic N) is 1. The lowest BCUT2D eigenvalue weighted by Crippen LogP contribution is -2.29. The third-order valence-electron chi connectivity index (χ3n) is 3.72. The molecule has 3 rings (SSSR count). The van der Waals surface area contributed by atoms with Crippen molar-refractivity contribution in [3.05, 3.63) is 77.0 Å². The fourth-order valence-electron chi connectivity index (χ4n) is 2.57. The summed E-state index contributed by atoms with van der Waals surface area (Å²) < 4.78 is 0. The number of amides is 1. The zero-order valence-electron chi connectivity index (χ0n) is 13.6. The van der Waals surface area contributed by atoms with E-state index in [1.165, 1.54) is 11.1 Å². The highest BCUT2D eigenvalue weighted by molar-refractivity contribution is 7.07. The number of carbonyl (C=O) groups is 1. The van der Waals surface area contributed by atoms with Crippen molar-refractivity contribution in [2.75, 3.05) is 18.9 Å². The zero-order valence-corrected chi connectivity index (χ0v) is 14.4. The number of rotatable bonds is 6. The highest BCUT2D eigenvalue weighted by Gasteiger charge is 2.08. The molecule has 0 aliphatic carbocycles. The van der Waals surface area contributed by atoms with Crippen LogP contribution in [0.4, 0.5) is 5.69 Å². The Morgan fingerprint density at radius 1 is 1.00 bits per heavy atom. The lowest BCUT2D eigenvalue weighted by atomic mass is 10.1. The minimum atomic E-state index is 0.000177. The van der Waals surface area contributed by atoms with E-state index in [9.17, 15) is 4.79 Å². The molecular formula is C20H20N2OS. The fourth-order valence-corrected chi connectivity index (χ4v) is 3.23. The van der Waals surface area contributed by atoms with Gasteiger partial charge in [-0.3, -0.25) is 9.69 Å². The van der Waals surface area contributed by atoms with Crippen LogP contribution in [0.3, 0.4) is 0 Å². The van der Waals surface area contributed by atoms with Crippen LogP contribution in [0.5, 0.6) is 0 Å². The molecule has 122 valence electrons. The molecule has 0 bridgehead atoms. The van der Waals surface area contributed by atoms with Crippen molar-refractivity contribution in [2.45, 2.75) is 6.54 Å². The van der Waals surface area contributed by atoms with Crippen molar-refractivity contribution in [3.8, 4) is 11.1 Å². The van der Waals surface area contributed by atoms with E-state index in [1.54, 1.807) is 11.3 Å². The van der Waals surface area contributed by atoms with Crippen LogP contribution >= 0.6 is 11.3 Å². The summed E-state index contributed by atoms with van der Waals surface area (Å²) in [5.41, 5.74) is 4.38. The molecule has 0 unspecified atom stereocenters. The first-order valence-corrected chi connectivity index (χ1v) is 8.80. The van der Waals surface area contributed by atoms with Gasteiger partial charge in [-0.05, 0) is 52.7 Å². The molecule has 2 aromatic carbocycles. The van der Waals surface area contributed by atoms with E-state index >= 15 is 0 Å². The Balaban J connectivity index is 1.54. The maximum atomic E-state index is 12.2. The number of hydrogen-bond acceptors (Lipinski definition) is 3. The minimum absolute atomic E-state index is 0.000177. The maximum absolute atomic E-state index is 12.2. The second-order valence-corrected chi connectivity index (χ2v) is 6.58. The van der Waals surface area contributed by atoms with E-state index < -0.39 is 0 Å². The third kappa shape index (κ3) is 4.54. The Bertz CT molecular complexity index is 767. The van der Waals surface area contributed by atoms with E-state index in [2.05, 4.69) is 34.3 Å². The smallest absolute Gasteiger partial charge is 0.238 e. The van der Waals surface area contributed by atoms with Crippen LogP contribution in [0.25, 0.3) is 11.1 Å². The number of anilines is 1. The van der Waals surface area contributed by atoms with Gasteiger partial charge in [0.2, 0.25) is 5.91 Å². The molecule has 0 aliphatic rings. The topological polar surface area (TPSA) is 32.3 Å². The molecule has 0 saturated carbocycles. The third-order valence-corrected chi connectivity index (χ3v) is 4.45. The predicted molar refractivity (Wildman–Crippen MR) is 101 cm³/mol. The summed E-state index contributed by atoms with van der Waals surface area (Å²) in [6.45, 7) is 1.15. The average molecular weight is 336 g/mol. The van der Waals surface area contributed by atoms with Crippen molar-refractivity contribution in [2.24, 2.45) is 0 Å². The molecule has 0 spiro atoms. The van der Waals surface area contributed by atoms with Gasteiger partial charge in [-0.25, -0.2) is 0 Å². The minimum Gasteiger partial charge on any atom is -0.325 e. The van der Waals surface area contributed by atoms with Gasteiger partial charge < -0.3 is 5.32 Å². The highest BCUT2D eigenvalue weighted by Crippen LogP contribution is 2.21. The Morgan fingerprint density at radius 2 is 1.71 bits per heavy atom. The van der Waals surface area contributed by atoms with Crippen molar-refractivity contribution in [1.29, 1.82) is 0 Å². The Labute approximate surface area is 146 Å². The molecule has 1 aromatic heterocycles. The summed E-state index contributed by atoms with van der Waals surface area (Å²) in [6, 6.07) is 20.2. The Morgan fingerprint density at radius 3 is 2.38 bits per heavy atom. The van der Waals surface area contributed by atoms with Crippen molar-refractivity contribution < 1.29 is 4.79 Å². The highest BCUT2D eigenvalue weighted by atomic mass is 32.1. The van der Waals surface area contributed by atoms with E-state index in [0.717, 1.165) is 17.8 Å². The molecule has 24 heavy (non-hydrogen) atoms. The summed E-state index contributed by atoms with van der Waals surface area (Å²) in [5.74, 6) is 0.000177. The molecule has 1 amide bonds. The summed E-state index contributed by atoms with van der Waals surface area (Å²) in [7, 11) is 1.95. The lowest BCUT2D eigenvalue weighted by molar-refractivity contribution is -0.117. The normalized spacial score (nSPS) is 10.8. The lowest BCUT2D eigenvalue weighted by Gasteiger charge is -2.15. The van der Waals surface area contributed by atoms with Crippen LogP contribution < -0.4 is 5.32 Å². The first-order chi connectivity index (χ1) is 11.7. The summed E-state index contributed by atoms with van der Waals surface area (Å²) in [6.07, 6.45) is 0. The second-order valence-electron chi connectivity index (χ2n) is 5.80. The van der Waals surface area contributed by atoms with E-state index in [-0.39, 0.29) is 5.91 Å². The standard InChI is InChI=1S/C20H20N2OS/c1-22(13-16-11-12-24-15-16)14-20(23)21-19-9-7-18(8-10-19)17-5-3-2-4-6-17/h2-12,15H,13-14H2,1H3,(H,21,23). The first kappa shape index (κ1) is 16.4. The van der Waals surface area contributed by atoms with Gasteiger partial charge in [0.1, 0.15) is 0 Å². The van der Waals surface area contributed by atoms with Gasteiger partial charge in [0, 0.05) is 12.2 Å². The molecule has 0 saturated heterocycles. The molecule has 1 N–H and O–H groups in total. The number of carbonyl (C=O) groups excluding carboxylic acids is 1. The fraction of sp³-hybridized carbons (Fsp3) is 0.150. The largest absolute Gasteiger partial charge is 0.325 e. The van der Waals surface area contributed by atoms with E-state index in [0.29, 0.717) is 6.54 Å². The molecular weight excluding hydrogens is 316 g/mol. The number of hydrogen-bond donors (Lipinski definition) is 1. The van der Waals surface area contributed by atoms with Gasteiger partial charge in [-0.1, -0.05) is 42.5 Å². The SMILES string of the molecule is CN(CC(=O)Nc1ccc(-c2ccccc2)cc1)Cc1ccsc1. The average Bonchev–Trinajstić information content (AvgIpc) is 3.09. The van der Waals surface area contributed by atoms with Gasteiger partial charge in [0.15, 0.2) is 0 Å². The van der Waals surface area contributed by atoms with Gasteiger partial charge in [0.25, 0.3) is 0 Å². The maximum Gasteiger partial charge on any atom is 0.238 e. The van der Waals surface area contributed by atoms with E-state index in [1.807, 2.05) is 54.4 Å². The molecule has 4 heteroatoms. The van der Waals surface area contributed by atoms with Gasteiger partial charge >= 0.3 is 0 Å².